The number of H-pyrrole nitrogens is 1. The first-order chi connectivity index (χ1) is 8.74. The van der Waals surface area contributed by atoms with Gasteiger partial charge >= 0.3 is 0 Å². The molecule has 0 aliphatic heterocycles. The van der Waals surface area contributed by atoms with E-state index in [4.69, 9.17) is 11.6 Å². The van der Waals surface area contributed by atoms with Gasteiger partial charge < -0.3 is 0 Å². The van der Waals surface area contributed by atoms with Crippen molar-refractivity contribution in [3.63, 3.8) is 0 Å². The maximum atomic E-state index is 11.5. The fourth-order valence-electron chi connectivity index (χ4n) is 1.79. The van der Waals surface area contributed by atoms with E-state index in [0.29, 0.717) is 15.9 Å². The van der Waals surface area contributed by atoms with Gasteiger partial charge in [-0.05, 0) is 24.3 Å². The topological polar surface area (TPSA) is 58.6 Å². The lowest BCUT2D eigenvalue weighted by atomic mass is 10.1. The van der Waals surface area contributed by atoms with Crippen molar-refractivity contribution in [2.75, 3.05) is 0 Å². The molecule has 2 aromatic heterocycles. The Balaban J connectivity index is 2.23. The van der Waals surface area contributed by atoms with Crippen LogP contribution in [0.2, 0.25) is 5.02 Å². The minimum absolute atomic E-state index is 0.238. The summed E-state index contributed by atoms with van der Waals surface area (Å²) in [6.45, 7) is 0. The highest BCUT2D eigenvalue weighted by atomic mass is 35.5. The molecular formula is C13H8ClN3O. The molecule has 0 bridgehead atoms. The number of benzene rings is 1. The summed E-state index contributed by atoms with van der Waals surface area (Å²) in [5, 5.41) is 7.29. The van der Waals surface area contributed by atoms with Gasteiger partial charge in [-0.3, -0.25) is 4.79 Å². The van der Waals surface area contributed by atoms with E-state index in [1.807, 2.05) is 18.2 Å². The van der Waals surface area contributed by atoms with Crippen LogP contribution in [0.15, 0.2) is 47.4 Å². The zero-order valence-corrected chi connectivity index (χ0v) is 9.98. The van der Waals surface area contributed by atoms with Gasteiger partial charge in [-0.25, -0.2) is 10.1 Å². The first-order valence-electron chi connectivity index (χ1n) is 5.34. The Labute approximate surface area is 107 Å². The van der Waals surface area contributed by atoms with Gasteiger partial charge in [-0.1, -0.05) is 23.7 Å². The average molecular weight is 258 g/mol. The molecule has 0 aliphatic carbocycles. The highest BCUT2D eigenvalue weighted by Crippen LogP contribution is 2.22. The molecule has 3 rings (SSSR count). The number of fused-ring (bicyclic) bond motifs is 1. The van der Waals surface area contributed by atoms with Crippen LogP contribution in [-0.4, -0.2) is 15.2 Å². The summed E-state index contributed by atoms with van der Waals surface area (Å²) in [6, 6.07) is 10.9. The summed E-state index contributed by atoms with van der Waals surface area (Å²) in [6.07, 6.45) is 1.53. The molecule has 0 saturated carbocycles. The van der Waals surface area contributed by atoms with Crippen molar-refractivity contribution in [1.29, 1.82) is 0 Å². The standard InChI is InChI=1S/C13H8ClN3O/c14-9-3-1-2-8(6-9)11-5-4-10-12(16-11)7-15-17-13(10)18/h1-7H,(H,17,18). The van der Waals surface area contributed by atoms with Crippen molar-refractivity contribution in [2.45, 2.75) is 0 Å². The third-order valence-corrected chi connectivity index (χ3v) is 2.88. The molecule has 1 aromatic carbocycles. The average Bonchev–Trinajstić information content (AvgIpc) is 2.39. The van der Waals surface area contributed by atoms with Crippen LogP contribution in [0.1, 0.15) is 0 Å². The number of pyridine rings is 1. The zero-order chi connectivity index (χ0) is 12.5. The molecule has 0 unspecified atom stereocenters. The monoisotopic (exact) mass is 257 g/mol. The van der Waals surface area contributed by atoms with E-state index in [0.717, 1.165) is 11.3 Å². The molecule has 0 saturated heterocycles. The Hall–Kier alpha value is -2.20. The minimum atomic E-state index is -0.238. The third-order valence-electron chi connectivity index (χ3n) is 2.64. The Morgan fingerprint density at radius 3 is 2.89 bits per heavy atom. The summed E-state index contributed by atoms with van der Waals surface area (Å²) in [5.41, 5.74) is 2.00. The van der Waals surface area contributed by atoms with Crippen LogP contribution < -0.4 is 5.56 Å². The number of hydrogen-bond acceptors (Lipinski definition) is 3. The third kappa shape index (κ3) is 1.87. The molecule has 0 aliphatic rings. The highest BCUT2D eigenvalue weighted by Gasteiger charge is 2.04. The molecule has 88 valence electrons. The van der Waals surface area contributed by atoms with Gasteiger partial charge in [0.25, 0.3) is 5.56 Å². The van der Waals surface area contributed by atoms with E-state index < -0.39 is 0 Å². The van der Waals surface area contributed by atoms with Crippen molar-refractivity contribution in [3.8, 4) is 11.3 Å². The highest BCUT2D eigenvalue weighted by molar-refractivity contribution is 6.30. The van der Waals surface area contributed by atoms with E-state index >= 15 is 0 Å². The number of nitrogens with one attached hydrogen (secondary N) is 1. The minimum Gasteiger partial charge on any atom is -0.267 e. The molecule has 0 amide bonds. The van der Waals surface area contributed by atoms with E-state index in [2.05, 4.69) is 15.2 Å². The van der Waals surface area contributed by atoms with Crippen LogP contribution in [0.5, 0.6) is 0 Å². The van der Waals surface area contributed by atoms with Crippen LogP contribution in [0.3, 0.4) is 0 Å². The molecule has 1 N–H and O–H groups in total. The van der Waals surface area contributed by atoms with Gasteiger partial charge in [-0.2, -0.15) is 5.10 Å². The maximum absolute atomic E-state index is 11.5. The largest absolute Gasteiger partial charge is 0.273 e. The van der Waals surface area contributed by atoms with Gasteiger partial charge in [0.05, 0.1) is 22.8 Å². The van der Waals surface area contributed by atoms with E-state index in [-0.39, 0.29) is 5.56 Å². The number of aromatic amines is 1. The molecule has 2 heterocycles. The van der Waals surface area contributed by atoms with E-state index in [1.165, 1.54) is 6.20 Å². The quantitative estimate of drug-likeness (QED) is 0.729. The maximum Gasteiger partial charge on any atom is 0.273 e. The SMILES string of the molecule is O=c1[nH]ncc2nc(-c3cccc(Cl)c3)ccc12. The van der Waals surface area contributed by atoms with Gasteiger partial charge in [0.2, 0.25) is 0 Å². The first kappa shape index (κ1) is 10.9. The molecule has 4 nitrogen and oxygen atoms in total. The van der Waals surface area contributed by atoms with Crippen molar-refractivity contribution in [2.24, 2.45) is 0 Å². The number of nitrogens with zero attached hydrogens (tertiary/aromatic N) is 2. The number of hydrogen-bond donors (Lipinski definition) is 1. The summed E-state index contributed by atoms with van der Waals surface area (Å²) in [7, 11) is 0. The van der Waals surface area contributed by atoms with Crippen molar-refractivity contribution in [3.05, 3.63) is 58.0 Å². The molecule has 3 aromatic rings. The van der Waals surface area contributed by atoms with Gasteiger partial charge in [0, 0.05) is 10.6 Å². The lowest BCUT2D eigenvalue weighted by molar-refractivity contribution is 1.01. The zero-order valence-electron chi connectivity index (χ0n) is 9.22. The van der Waals surface area contributed by atoms with E-state index in [9.17, 15) is 4.79 Å². The van der Waals surface area contributed by atoms with Crippen LogP contribution in [0, 0.1) is 0 Å². The fourth-order valence-corrected chi connectivity index (χ4v) is 1.98. The predicted molar refractivity (Wildman–Crippen MR) is 70.6 cm³/mol. The molecule has 0 fully saturated rings. The lowest BCUT2D eigenvalue weighted by Gasteiger charge is -2.02. The Morgan fingerprint density at radius 1 is 1.17 bits per heavy atom. The molecule has 18 heavy (non-hydrogen) atoms. The van der Waals surface area contributed by atoms with Crippen molar-refractivity contribution >= 4 is 22.5 Å². The van der Waals surface area contributed by atoms with Crippen LogP contribution in [0.4, 0.5) is 0 Å². The van der Waals surface area contributed by atoms with Crippen molar-refractivity contribution in [1.82, 2.24) is 15.2 Å². The predicted octanol–water partition coefficient (Wildman–Crippen LogP) is 2.64. The normalized spacial score (nSPS) is 10.7. The first-order valence-corrected chi connectivity index (χ1v) is 5.72. The molecule has 0 atom stereocenters. The molecule has 5 heteroatoms. The molecule has 0 radical (unpaired) electrons. The molecule has 0 spiro atoms. The Kier molecular flexibility index (Phi) is 2.57. The van der Waals surface area contributed by atoms with Crippen LogP contribution in [-0.2, 0) is 0 Å². The smallest absolute Gasteiger partial charge is 0.267 e. The van der Waals surface area contributed by atoms with Crippen LogP contribution in [0.25, 0.3) is 22.2 Å². The lowest BCUT2D eigenvalue weighted by Crippen LogP contribution is -2.08. The fraction of sp³-hybridized carbons (Fsp3) is 0. The summed E-state index contributed by atoms with van der Waals surface area (Å²) < 4.78 is 0. The Morgan fingerprint density at radius 2 is 2.06 bits per heavy atom. The number of aromatic nitrogens is 3. The summed E-state index contributed by atoms with van der Waals surface area (Å²) >= 11 is 5.94. The second-order valence-corrected chi connectivity index (χ2v) is 4.28. The number of rotatable bonds is 1. The molecular weight excluding hydrogens is 250 g/mol. The number of halogens is 1. The van der Waals surface area contributed by atoms with Crippen molar-refractivity contribution < 1.29 is 0 Å². The van der Waals surface area contributed by atoms with E-state index in [1.54, 1.807) is 18.2 Å². The second-order valence-electron chi connectivity index (χ2n) is 3.84. The second kappa shape index (κ2) is 4.23. The summed E-state index contributed by atoms with van der Waals surface area (Å²) in [4.78, 5) is 15.9. The van der Waals surface area contributed by atoms with Crippen LogP contribution >= 0.6 is 11.6 Å². The van der Waals surface area contributed by atoms with Gasteiger partial charge in [0.15, 0.2) is 0 Å². The Bertz CT molecular complexity index is 782. The van der Waals surface area contributed by atoms with Gasteiger partial charge in [-0.15, -0.1) is 0 Å². The van der Waals surface area contributed by atoms with Gasteiger partial charge in [0.1, 0.15) is 0 Å². The summed E-state index contributed by atoms with van der Waals surface area (Å²) in [5.74, 6) is 0.